The van der Waals surface area contributed by atoms with Crippen molar-refractivity contribution in [3.05, 3.63) is 0 Å². The van der Waals surface area contributed by atoms with E-state index < -0.39 is 0 Å². The summed E-state index contributed by atoms with van der Waals surface area (Å²) in [5.74, 6) is 0.0129. The largest absolute Gasteiger partial charge is 0.462 e. The number of ether oxygens (including phenoxy) is 1. The van der Waals surface area contributed by atoms with Gasteiger partial charge < -0.3 is 4.74 Å². The fourth-order valence-electron chi connectivity index (χ4n) is 2.44. The van der Waals surface area contributed by atoms with Gasteiger partial charge in [0.2, 0.25) is 0 Å². The van der Waals surface area contributed by atoms with E-state index in [1.165, 1.54) is 51.4 Å². The van der Waals surface area contributed by atoms with Gasteiger partial charge in [0.25, 0.3) is 0 Å². The fourth-order valence-corrected chi connectivity index (χ4v) is 2.44. The normalized spacial score (nSPS) is 12.3. The zero-order valence-electron chi connectivity index (χ0n) is 14.1. The number of rotatable bonds is 14. The lowest BCUT2D eigenvalue weighted by Crippen LogP contribution is -2.17. The fraction of sp³-hybridized carbons (Fsp3) is 0.944. The molecule has 1 unspecified atom stereocenters. The molecule has 0 aliphatic rings. The molecule has 0 fully saturated rings. The monoisotopic (exact) mass is 284 g/mol. The van der Waals surface area contributed by atoms with E-state index in [1.807, 2.05) is 0 Å². The van der Waals surface area contributed by atoms with Crippen LogP contribution in [0.2, 0.25) is 0 Å². The van der Waals surface area contributed by atoms with E-state index in [1.54, 1.807) is 0 Å². The summed E-state index contributed by atoms with van der Waals surface area (Å²) in [6.07, 6.45) is 15.1. The quantitative estimate of drug-likeness (QED) is 0.287. The number of carbonyl (C=O) groups excluding carboxylic acids is 1. The molecule has 0 aliphatic carbocycles. The predicted octanol–water partition coefficient (Wildman–Crippen LogP) is 6.03. The van der Waals surface area contributed by atoms with Crippen molar-refractivity contribution < 1.29 is 9.53 Å². The maximum absolute atomic E-state index is 11.7. The van der Waals surface area contributed by atoms with Crippen LogP contribution in [0.5, 0.6) is 0 Å². The second-order valence-electron chi connectivity index (χ2n) is 5.89. The van der Waals surface area contributed by atoms with Gasteiger partial charge in [0.1, 0.15) is 6.10 Å². The average molecular weight is 284 g/mol. The highest BCUT2D eigenvalue weighted by molar-refractivity contribution is 5.69. The summed E-state index contributed by atoms with van der Waals surface area (Å²) < 4.78 is 5.57. The van der Waals surface area contributed by atoms with Crippen molar-refractivity contribution in [1.29, 1.82) is 0 Å². The van der Waals surface area contributed by atoms with E-state index in [2.05, 4.69) is 20.8 Å². The molecular formula is C18H36O2. The molecule has 0 N–H and O–H groups in total. The molecule has 0 saturated heterocycles. The van der Waals surface area contributed by atoms with Crippen molar-refractivity contribution in [3.8, 4) is 0 Å². The van der Waals surface area contributed by atoms with Crippen molar-refractivity contribution in [2.24, 2.45) is 0 Å². The van der Waals surface area contributed by atoms with Crippen LogP contribution in [0.25, 0.3) is 0 Å². The Morgan fingerprint density at radius 2 is 1.35 bits per heavy atom. The van der Waals surface area contributed by atoms with Crippen LogP contribution < -0.4 is 0 Å². The van der Waals surface area contributed by atoms with Gasteiger partial charge in [0.05, 0.1) is 0 Å². The van der Waals surface area contributed by atoms with Gasteiger partial charge in [-0.2, -0.15) is 0 Å². The molecule has 0 heterocycles. The molecule has 0 aliphatic heterocycles. The summed E-state index contributed by atoms with van der Waals surface area (Å²) in [6.45, 7) is 6.55. The molecule has 20 heavy (non-hydrogen) atoms. The SMILES string of the molecule is CCCCCCCCC(CC)OC(=O)CCCCCC. The first-order valence-electron chi connectivity index (χ1n) is 8.94. The van der Waals surface area contributed by atoms with Gasteiger partial charge in [-0.3, -0.25) is 4.79 Å². The molecule has 0 amide bonds. The van der Waals surface area contributed by atoms with Crippen LogP contribution >= 0.6 is 0 Å². The minimum absolute atomic E-state index is 0.0129. The Labute approximate surface area is 126 Å². The molecule has 2 heteroatoms. The van der Waals surface area contributed by atoms with Crippen molar-refractivity contribution in [2.45, 2.75) is 110 Å². The van der Waals surface area contributed by atoms with Crippen LogP contribution in [0.4, 0.5) is 0 Å². The van der Waals surface area contributed by atoms with Crippen LogP contribution in [0.1, 0.15) is 104 Å². The maximum Gasteiger partial charge on any atom is 0.306 e. The Morgan fingerprint density at radius 3 is 1.95 bits per heavy atom. The molecule has 0 bridgehead atoms. The van der Waals surface area contributed by atoms with E-state index in [0.29, 0.717) is 6.42 Å². The minimum atomic E-state index is 0.0129. The number of esters is 1. The first-order valence-corrected chi connectivity index (χ1v) is 8.94. The van der Waals surface area contributed by atoms with E-state index in [0.717, 1.165) is 25.7 Å². The molecule has 0 radical (unpaired) electrons. The zero-order valence-corrected chi connectivity index (χ0v) is 14.1. The molecule has 0 aromatic rings. The van der Waals surface area contributed by atoms with Crippen LogP contribution in [0, 0.1) is 0 Å². The number of carbonyl (C=O) groups is 1. The van der Waals surface area contributed by atoms with Gasteiger partial charge in [-0.15, -0.1) is 0 Å². The average Bonchev–Trinajstić information content (AvgIpc) is 2.46. The molecule has 0 spiro atoms. The smallest absolute Gasteiger partial charge is 0.306 e. The van der Waals surface area contributed by atoms with E-state index in [9.17, 15) is 4.79 Å². The molecule has 2 nitrogen and oxygen atoms in total. The highest BCUT2D eigenvalue weighted by Crippen LogP contribution is 2.14. The second-order valence-corrected chi connectivity index (χ2v) is 5.89. The molecule has 120 valence electrons. The third-order valence-electron chi connectivity index (χ3n) is 3.87. The first kappa shape index (κ1) is 19.5. The third-order valence-corrected chi connectivity index (χ3v) is 3.87. The molecule has 0 aromatic heterocycles. The summed E-state index contributed by atoms with van der Waals surface area (Å²) in [5.41, 5.74) is 0. The summed E-state index contributed by atoms with van der Waals surface area (Å²) in [6, 6.07) is 0. The molecular weight excluding hydrogens is 248 g/mol. The highest BCUT2D eigenvalue weighted by Gasteiger charge is 2.11. The lowest BCUT2D eigenvalue weighted by atomic mass is 10.1. The second kappa shape index (κ2) is 14.9. The van der Waals surface area contributed by atoms with Crippen LogP contribution in [-0.4, -0.2) is 12.1 Å². The van der Waals surface area contributed by atoms with E-state index in [4.69, 9.17) is 4.74 Å². The standard InChI is InChI=1S/C18H36O2/c1-4-7-9-11-12-13-15-17(6-3)20-18(19)16-14-10-8-5-2/h17H,4-16H2,1-3H3. The van der Waals surface area contributed by atoms with Crippen molar-refractivity contribution >= 4 is 5.97 Å². The van der Waals surface area contributed by atoms with Gasteiger partial charge in [-0.1, -0.05) is 72.1 Å². The van der Waals surface area contributed by atoms with Gasteiger partial charge >= 0.3 is 5.97 Å². The highest BCUT2D eigenvalue weighted by atomic mass is 16.5. The minimum Gasteiger partial charge on any atom is -0.462 e. The summed E-state index contributed by atoms with van der Waals surface area (Å²) in [7, 11) is 0. The Balaban J connectivity index is 3.56. The Kier molecular flexibility index (Phi) is 14.5. The lowest BCUT2D eigenvalue weighted by Gasteiger charge is -2.16. The molecule has 1 atom stereocenters. The summed E-state index contributed by atoms with van der Waals surface area (Å²) in [5, 5.41) is 0. The summed E-state index contributed by atoms with van der Waals surface area (Å²) >= 11 is 0. The topological polar surface area (TPSA) is 26.3 Å². The van der Waals surface area contributed by atoms with Gasteiger partial charge in [-0.05, 0) is 25.7 Å². The Bertz CT molecular complexity index is 213. The van der Waals surface area contributed by atoms with Crippen LogP contribution in [0.3, 0.4) is 0 Å². The third kappa shape index (κ3) is 12.5. The molecule has 0 aromatic carbocycles. The maximum atomic E-state index is 11.7. The summed E-state index contributed by atoms with van der Waals surface area (Å²) in [4.78, 5) is 11.7. The van der Waals surface area contributed by atoms with Crippen LogP contribution in [-0.2, 0) is 9.53 Å². The molecule has 0 rings (SSSR count). The molecule has 0 saturated carbocycles. The number of unbranched alkanes of at least 4 members (excludes halogenated alkanes) is 8. The van der Waals surface area contributed by atoms with E-state index >= 15 is 0 Å². The Morgan fingerprint density at radius 1 is 0.800 bits per heavy atom. The zero-order chi connectivity index (χ0) is 15.1. The van der Waals surface area contributed by atoms with Crippen molar-refractivity contribution in [1.82, 2.24) is 0 Å². The van der Waals surface area contributed by atoms with E-state index in [-0.39, 0.29) is 12.1 Å². The van der Waals surface area contributed by atoms with Crippen LogP contribution in [0.15, 0.2) is 0 Å². The van der Waals surface area contributed by atoms with Crippen molar-refractivity contribution in [3.63, 3.8) is 0 Å². The Hall–Kier alpha value is -0.530. The van der Waals surface area contributed by atoms with Gasteiger partial charge in [-0.25, -0.2) is 0 Å². The lowest BCUT2D eigenvalue weighted by molar-refractivity contribution is -0.149. The van der Waals surface area contributed by atoms with Crippen molar-refractivity contribution in [2.75, 3.05) is 0 Å². The predicted molar refractivity (Wildman–Crippen MR) is 86.9 cm³/mol. The van der Waals surface area contributed by atoms with Gasteiger partial charge in [0, 0.05) is 6.42 Å². The number of hydrogen-bond acceptors (Lipinski definition) is 2. The number of hydrogen-bond donors (Lipinski definition) is 0. The first-order chi connectivity index (χ1) is 9.74. The van der Waals surface area contributed by atoms with Gasteiger partial charge in [0.15, 0.2) is 0 Å².